The Kier molecular flexibility index (Phi) is 7.68. The number of carbonyl (C=O) groups is 1. The fourth-order valence-electron chi connectivity index (χ4n) is 2.64. The van der Waals surface area contributed by atoms with E-state index in [0.29, 0.717) is 12.3 Å². The molecule has 1 heterocycles. The van der Waals surface area contributed by atoms with E-state index in [1.807, 2.05) is 13.0 Å². The van der Waals surface area contributed by atoms with E-state index in [-0.39, 0.29) is 30.0 Å². The van der Waals surface area contributed by atoms with Crippen molar-refractivity contribution < 1.29 is 9.18 Å². The summed E-state index contributed by atoms with van der Waals surface area (Å²) in [6.45, 7) is 4.76. The lowest BCUT2D eigenvalue weighted by molar-refractivity contribution is -0.121. The Morgan fingerprint density at radius 2 is 2.33 bits per heavy atom. The summed E-state index contributed by atoms with van der Waals surface area (Å²) < 4.78 is 13.1. The maximum absolute atomic E-state index is 13.1. The highest BCUT2D eigenvalue weighted by atomic mass is 35.5. The van der Waals surface area contributed by atoms with Crippen molar-refractivity contribution in [3.63, 3.8) is 0 Å². The van der Waals surface area contributed by atoms with E-state index in [4.69, 9.17) is 0 Å². The summed E-state index contributed by atoms with van der Waals surface area (Å²) in [5, 5.41) is 6.33. The number of piperidine rings is 1. The van der Waals surface area contributed by atoms with Crippen molar-refractivity contribution >= 4 is 18.3 Å². The molecule has 2 N–H and O–H groups in total. The third-order valence-corrected chi connectivity index (χ3v) is 3.90. The van der Waals surface area contributed by atoms with Gasteiger partial charge in [-0.25, -0.2) is 4.39 Å². The molecule has 3 nitrogen and oxygen atoms in total. The Bertz CT molecular complexity index is 450. The van der Waals surface area contributed by atoms with E-state index in [9.17, 15) is 9.18 Å². The molecule has 0 saturated carbocycles. The van der Waals surface area contributed by atoms with E-state index in [1.165, 1.54) is 25.0 Å². The highest BCUT2D eigenvalue weighted by Crippen LogP contribution is 2.19. The van der Waals surface area contributed by atoms with Gasteiger partial charge in [0.2, 0.25) is 5.91 Å². The highest BCUT2D eigenvalue weighted by molar-refractivity contribution is 5.85. The van der Waals surface area contributed by atoms with Gasteiger partial charge in [-0.3, -0.25) is 4.79 Å². The largest absolute Gasteiger partial charge is 0.356 e. The topological polar surface area (TPSA) is 41.1 Å². The highest BCUT2D eigenvalue weighted by Gasteiger charge is 2.16. The minimum atomic E-state index is -0.247. The van der Waals surface area contributed by atoms with E-state index in [2.05, 4.69) is 10.6 Å². The molecule has 0 spiro atoms. The quantitative estimate of drug-likeness (QED) is 0.877. The second-order valence-corrected chi connectivity index (χ2v) is 5.68. The maximum atomic E-state index is 13.1. The number of rotatable bonds is 5. The molecule has 2 rings (SSSR count). The van der Waals surface area contributed by atoms with Gasteiger partial charge in [0.1, 0.15) is 5.82 Å². The van der Waals surface area contributed by atoms with Gasteiger partial charge in [-0.2, -0.15) is 0 Å². The van der Waals surface area contributed by atoms with Gasteiger partial charge in [0.15, 0.2) is 0 Å². The summed E-state index contributed by atoms with van der Waals surface area (Å²) in [5.74, 6) is 0.378. The lowest BCUT2D eigenvalue weighted by Gasteiger charge is -2.23. The van der Waals surface area contributed by atoms with Gasteiger partial charge < -0.3 is 10.6 Å². The molecule has 2 atom stereocenters. The zero-order chi connectivity index (χ0) is 14.4. The van der Waals surface area contributed by atoms with Crippen molar-refractivity contribution in [2.45, 2.75) is 32.1 Å². The summed E-state index contributed by atoms with van der Waals surface area (Å²) >= 11 is 0. The van der Waals surface area contributed by atoms with Gasteiger partial charge in [-0.1, -0.05) is 19.1 Å². The van der Waals surface area contributed by atoms with Crippen LogP contribution in [0.25, 0.3) is 0 Å². The molecule has 0 bridgehead atoms. The second-order valence-electron chi connectivity index (χ2n) is 5.68. The van der Waals surface area contributed by atoms with Crippen LogP contribution in [0, 0.1) is 11.7 Å². The van der Waals surface area contributed by atoms with Crippen LogP contribution in [-0.4, -0.2) is 25.5 Å². The Morgan fingerprint density at radius 3 is 3.00 bits per heavy atom. The Hall–Kier alpha value is -1.13. The second kappa shape index (κ2) is 9.00. The zero-order valence-electron chi connectivity index (χ0n) is 12.4. The van der Waals surface area contributed by atoms with Crippen LogP contribution in [0.15, 0.2) is 24.3 Å². The minimum Gasteiger partial charge on any atom is -0.356 e. The first-order valence-corrected chi connectivity index (χ1v) is 7.38. The number of halogens is 2. The third kappa shape index (κ3) is 6.02. The SMILES string of the molecule is CC(CC(=O)NCC1CCCNC1)c1cccc(F)c1.Cl. The molecule has 118 valence electrons. The number of hydrogen-bond acceptors (Lipinski definition) is 2. The van der Waals surface area contributed by atoms with Gasteiger partial charge in [0, 0.05) is 13.0 Å². The van der Waals surface area contributed by atoms with Crippen LogP contribution in [-0.2, 0) is 4.79 Å². The summed E-state index contributed by atoms with van der Waals surface area (Å²) in [5.41, 5.74) is 0.875. The van der Waals surface area contributed by atoms with E-state index < -0.39 is 0 Å². The Morgan fingerprint density at radius 1 is 1.52 bits per heavy atom. The molecule has 0 aliphatic carbocycles. The summed E-state index contributed by atoms with van der Waals surface area (Å²) in [7, 11) is 0. The van der Waals surface area contributed by atoms with Crippen molar-refractivity contribution in [2.24, 2.45) is 5.92 Å². The van der Waals surface area contributed by atoms with Crippen molar-refractivity contribution in [2.75, 3.05) is 19.6 Å². The van der Waals surface area contributed by atoms with Crippen LogP contribution in [0.1, 0.15) is 37.7 Å². The number of nitrogens with one attached hydrogen (secondary N) is 2. The molecule has 1 aromatic rings. The number of amides is 1. The molecule has 1 amide bonds. The fourth-order valence-corrected chi connectivity index (χ4v) is 2.64. The average molecular weight is 315 g/mol. The smallest absolute Gasteiger partial charge is 0.220 e. The molecular formula is C16H24ClFN2O. The molecule has 0 aromatic heterocycles. The van der Waals surface area contributed by atoms with Gasteiger partial charge in [-0.15, -0.1) is 12.4 Å². The van der Waals surface area contributed by atoms with Crippen molar-refractivity contribution in [3.05, 3.63) is 35.6 Å². The average Bonchev–Trinajstić information content (AvgIpc) is 2.46. The van der Waals surface area contributed by atoms with E-state index in [0.717, 1.165) is 25.2 Å². The summed E-state index contributed by atoms with van der Waals surface area (Å²) in [6.07, 6.45) is 2.76. The minimum absolute atomic E-state index is 0. The van der Waals surface area contributed by atoms with Crippen LogP contribution in [0.3, 0.4) is 0 Å². The van der Waals surface area contributed by atoms with E-state index >= 15 is 0 Å². The molecule has 2 unspecified atom stereocenters. The number of hydrogen-bond donors (Lipinski definition) is 2. The first-order chi connectivity index (χ1) is 9.65. The molecule has 1 aliphatic rings. The third-order valence-electron chi connectivity index (χ3n) is 3.90. The number of carbonyl (C=O) groups excluding carboxylic acids is 1. The summed E-state index contributed by atoms with van der Waals surface area (Å²) in [6, 6.07) is 6.48. The molecule has 1 aliphatic heterocycles. The summed E-state index contributed by atoms with van der Waals surface area (Å²) in [4.78, 5) is 11.9. The van der Waals surface area contributed by atoms with Crippen LogP contribution in [0.2, 0.25) is 0 Å². The first kappa shape index (κ1) is 17.9. The van der Waals surface area contributed by atoms with Crippen molar-refractivity contribution in [3.8, 4) is 0 Å². The molecule has 5 heteroatoms. The van der Waals surface area contributed by atoms with Crippen LogP contribution < -0.4 is 10.6 Å². The lowest BCUT2D eigenvalue weighted by Crippen LogP contribution is -2.38. The normalized spacial score (nSPS) is 19.4. The van der Waals surface area contributed by atoms with Gasteiger partial charge in [0.05, 0.1) is 0 Å². The molecular weight excluding hydrogens is 291 g/mol. The lowest BCUT2D eigenvalue weighted by atomic mass is 9.96. The first-order valence-electron chi connectivity index (χ1n) is 7.38. The van der Waals surface area contributed by atoms with Crippen molar-refractivity contribution in [1.82, 2.24) is 10.6 Å². The molecule has 21 heavy (non-hydrogen) atoms. The van der Waals surface area contributed by atoms with Gasteiger partial charge >= 0.3 is 0 Å². The molecule has 0 radical (unpaired) electrons. The predicted molar refractivity (Wildman–Crippen MR) is 85.3 cm³/mol. The monoisotopic (exact) mass is 314 g/mol. The van der Waals surface area contributed by atoms with Gasteiger partial charge in [0.25, 0.3) is 0 Å². The Labute approximate surface area is 132 Å². The standard InChI is InChI=1S/C16H23FN2O.ClH/c1-12(14-5-2-6-15(17)9-14)8-16(20)19-11-13-4-3-7-18-10-13;/h2,5-6,9,12-13,18H,3-4,7-8,10-11H2,1H3,(H,19,20);1H. The number of benzene rings is 1. The molecule has 1 saturated heterocycles. The van der Waals surface area contributed by atoms with Crippen LogP contribution >= 0.6 is 12.4 Å². The molecule has 1 aromatic carbocycles. The fraction of sp³-hybridized carbons (Fsp3) is 0.562. The van der Waals surface area contributed by atoms with Crippen LogP contribution in [0.4, 0.5) is 4.39 Å². The predicted octanol–water partition coefficient (Wildman–Crippen LogP) is 2.86. The molecule has 1 fully saturated rings. The maximum Gasteiger partial charge on any atom is 0.220 e. The van der Waals surface area contributed by atoms with Gasteiger partial charge in [-0.05, 0) is 55.5 Å². The van der Waals surface area contributed by atoms with Crippen LogP contribution in [0.5, 0.6) is 0 Å². The van der Waals surface area contributed by atoms with E-state index in [1.54, 1.807) is 6.07 Å². The zero-order valence-corrected chi connectivity index (χ0v) is 13.2. The van der Waals surface area contributed by atoms with Crippen molar-refractivity contribution in [1.29, 1.82) is 0 Å². The Balaban J connectivity index is 0.00000220.